The lowest BCUT2D eigenvalue weighted by molar-refractivity contribution is -0.00127. The molecule has 1 rings (SSSR count). The van der Waals surface area contributed by atoms with Crippen molar-refractivity contribution in [1.82, 2.24) is 0 Å². The molecule has 1 saturated carbocycles. The van der Waals surface area contributed by atoms with Crippen LogP contribution in [-0.2, 0) is 0 Å². The van der Waals surface area contributed by atoms with E-state index in [1.165, 1.54) is 64.2 Å². The summed E-state index contributed by atoms with van der Waals surface area (Å²) < 4.78 is 0. The van der Waals surface area contributed by atoms with E-state index < -0.39 is 0 Å². The zero-order valence-electron chi connectivity index (χ0n) is 12.0. The van der Waals surface area contributed by atoms with Crippen LogP contribution in [0.4, 0.5) is 0 Å². The summed E-state index contributed by atoms with van der Waals surface area (Å²) in [5.74, 6) is 0.534. The number of aliphatic hydroxyl groups is 1. The lowest BCUT2D eigenvalue weighted by atomic mass is 9.87. The van der Waals surface area contributed by atoms with Crippen LogP contribution in [-0.4, -0.2) is 10.7 Å². The Labute approximate surface area is 108 Å². The van der Waals surface area contributed by atoms with Crippen molar-refractivity contribution in [3.8, 4) is 0 Å². The minimum atomic E-state index is -0.303. The zero-order chi connectivity index (χ0) is 12.6. The van der Waals surface area contributed by atoms with Gasteiger partial charge in [0, 0.05) is 0 Å². The first-order chi connectivity index (χ1) is 8.19. The van der Waals surface area contributed by atoms with Gasteiger partial charge >= 0.3 is 0 Å². The van der Waals surface area contributed by atoms with E-state index in [1.807, 2.05) is 0 Å². The molecule has 0 aromatic heterocycles. The summed E-state index contributed by atoms with van der Waals surface area (Å²) in [4.78, 5) is 0. The van der Waals surface area contributed by atoms with Gasteiger partial charge in [-0.15, -0.1) is 0 Å². The van der Waals surface area contributed by atoms with E-state index in [2.05, 4.69) is 13.8 Å². The normalized spacial score (nSPS) is 28.8. The molecular weight excluding hydrogens is 208 g/mol. The monoisotopic (exact) mass is 240 g/mol. The molecular formula is C16H32O. The van der Waals surface area contributed by atoms with Gasteiger partial charge in [0.05, 0.1) is 5.60 Å². The molecule has 0 radical (unpaired) electrons. The van der Waals surface area contributed by atoms with Crippen molar-refractivity contribution in [3.05, 3.63) is 0 Å². The Balaban J connectivity index is 1.93. The predicted molar refractivity (Wildman–Crippen MR) is 75.2 cm³/mol. The van der Waals surface area contributed by atoms with E-state index in [9.17, 15) is 5.11 Å². The molecule has 0 saturated heterocycles. The molecule has 17 heavy (non-hydrogen) atoms. The number of unbranched alkanes of at least 4 members (excludes halogenated alkanes) is 7. The third kappa shape index (κ3) is 5.42. The molecule has 1 aliphatic carbocycles. The molecule has 0 aromatic carbocycles. The summed E-state index contributed by atoms with van der Waals surface area (Å²) in [6.07, 6.45) is 15.4. The van der Waals surface area contributed by atoms with Crippen LogP contribution in [0.2, 0.25) is 0 Å². The molecule has 1 fully saturated rings. The lowest BCUT2D eigenvalue weighted by Crippen LogP contribution is -2.31. The van der Waals surface area contributed by atoms with Crippen LogP contribution in [0.15, 0.2) is 0 Å². The van der Waals surface area contributed by atoms with E-state index in [0.29, 0.717) is 5.92 Å². The van der Waals surface area contributed by atoms with Crippen molar-refractivity contribution >= 4 is 0 Å². The first-order valence-electron chi connectivity index (χ1n) is 7.91. The van der Waals surface area contributed by atoms with Gasteiger partial charge in [-0.1, -0.05) is 71.6 Å². The SMILES string of the molecule is CCCCCCCCCCC1(O)CCCC1C. The second kappa shape index (κ2) is 8.13. The van der Waals surface area contributed by atoms with Crippen LogP contribution >= 0.6 is 0 Å². The highest BCUT2D eigenvalue weighted by Gasteiger charge is 2.37. The van der Waals surface area contributed by atoms with Crippen LogP contribution in [0.5, 0.6) is 0 Å². The summed E-state index contributed by atoms with van der Waals surface area (Å²) in [6.45, 7) is 4.49. The van der Waals surface area contributed by atoms with Crippen molar-refractivity contribution in [2.75, 3.05) is 0 Å². The minimum Gasteiger partial charge on any atom is -0.390 e. The van der Waals surface area contributed by atoms with Crippen LogP contribution in [0.25, 0.3) is 0 Å². The third-order valence-electron chi connectivity index (χ3n) is 4.63. The van der Waals surface area contributed by atoms with Crippen LogP contribution < -0.4 is 0 Å². The van der Waals surface area contributed by atoms with Crippen molar-refractivity contribution < 1.29 is 5.11 Å². The fourth-order valence-electron chi connectivity index (χ4n) is 3.17. The molecule has 1 aliphatic rings. The standard InChI is InChI=1S/C16H32O/c1-3-4-5-6-7-8-9-10-13-16(17)14-11-12-15(16)2/h15,17H,3-14H2,1-2H3. The van der Waals surface area contributed by atoms with Crippen LogP contribution in [0.1, 0.15) is 90.9 Å². The molecule has 0 amide bonds. The van der Waals surface area contributed by atoms with E-state index in [4.69, 9.17) is 0 Å². The largest absolute Gasteiger partial charge is 0.390 e. The predicted octanol–water partition coefficient (Wildman–Crippen LogP) is 5.07. The maximum atomic E-state index is 10.4. The molecule has 0 aliphatic heterocycles. The molecule has 0 aromatic rings. The smallest absolute Gasteiger partial charge is 0.0673 e. The second-order valence-corrected chi connectivity index (χ2v) is 6.12. The number of rotatable bonds is 9. The fraction of sp³-hybridized carbons (Fsp3) is 1.00. The van der Waals surface area contributed by atoms with Gasteiger partial charge in [-0.25, -0.2) is 0 Å². The average Bonchev–Trinajstić information content (AvgIpc) is 2.63. The molecule has 1 nitrogen and oxygen atoms in total. The maximum absolute atomic E-state index is 10.4. The van der Waals surface area contributed by atoms with Gasteiger partial charge in [-0.05, 0) is 25.2 Å². The van der Waals surface area contributed by atoms with Gasteiger partial charge in [-0.2, -0.15) is 0 Å². The molecule has 0 heterocycles. The van der Waals surface area contributed by atoms with Crippen molar-refractivity contribution in [3.63, 3.8) is 0 Å². The highest BCUT2D eigenvalue weighted by Crippen LogP contribution is 2.38. The van der Waals surface area contributed by atoms with Gasteiger partial charge in [0.25, 0.3) is 0 Å². The lowest BCUT2D eigenvalue weighted by Gasteiger charge is -2.27. The quantitative estimate of drug-likeness (QED) is 0.558. The van der Waals surface area contributed by atoms with E-state index in [0.717, 1.165) is 12.8 Å². The van der Waals surface area contributed by atoms with E-state index in [-0.39, 0.29) is 5.60 Å². The summed E-state index contributed by atoms with van der Waals surface area (Å²) in [5, 5.41) is 10.4. The van der Waals surface area contributed by atoms with Gasteiger partial charge in [0.15, 0.2) is 0 Å². The molecule has 102 valence electrons. The van der Waals surface area contributed by atoms with Gasteiger partial charge in [0.1, 0.15) is 0 Å². The minimum absolute atomic E-state index is 0.303. The number of hydrogen-bond donors (Lipinski definition) is 1. The van der Waals surface area contributed by atoms with E-state index >= 15 is 0 Å². The molecule has 1 heteroatoms. The summed E-state index contributed by atoms with van der Waals surface area (Å²) in [7, 11) is 0. The van der Waals surface area contributed by atoms with Crippen molar-refractivity contribution in [2.45, 2.75) is 96.5 Å². The Bertz CT molecular complexity index is 190. The third-order valence-corrected chi connectivity index (χ3v) is 4.63. The van der Waals surface area contributed by atoms with Crippen LogP contribution in [0, 0.1) is 5.92 Å². The maximum Gasteiger partial charge on any atom is 0.0673 e. The van der Waals surface area contributed by atoms with Gasteiger partial charge < -0.3 is 5.11 Å². The molecule has 0 bridgehead atoms. The Kier molecular flexibility index (Phi) is 7.18. The summed E-state index contributed by atoms with van der Waals surface area (Å²) in [5.41, 5.74) is -0.303. The Morgan fingerprint density at radius 3 is 2.12 bits per heavy atom. The highest BCUT2D eigenvalue weighted by molar-refractivity contribution is 4.89. The number of hydrogen-bond acceptors (Lipinski definition) is 1. The van der Waals surface area contributed by atoms with Crippen LogP contribution in [0.3, 0.4) is 0 Å². The second-order valence-electron chi connectivity index (χ2n) is 6.12. The summed E-state index contributed by atoms with van der Waals surface area (Å²) in [6, 6.07) is 0. The van der Waals surface area contributed by atoms with Gasteiger partial charge in [0.2, 0.25) is 0 Å². The van der Waals surface area contributed by atoms with Crippen molar-refractivity contribution in [2.24, 2.45) is 5.92 Å². The van der Waals surface area contributed by atoms with Gasteiger partial charge in [-0.3, -0.25) is 0 Å². The summed E-state index contributed by atoms with van der Waals surface area (Å²) >= 11 is 0. The van der Waals surface area contributed by atoms with Crippen molar-refractivity contribution in [1.29, 1.82) is 0 Å². The molecule has 2 unspecified atom stereocenters. The molecule has 1 N–H and O–H groups in total. The van der Waals surface area contributed by atoms with E-state index in [1.54, 1.807) is 0 Å². The highest BCUT2D eigenvalue weighted by atomic mass is 16.3. The molecule has 0 spiro atoms. The Morgan fingerprint density at radius 2 is 1.59 bits per heavy atom. The first kappa shape index (κ1) is 15.0. The first-order valence-corrected chi connectivity index (χ1v) is 7.91. The fourth-order valence-corrected chi connectivity index (χ4v) is 3.17. The zero-order valence-corrected chi connectivity index (χ0v) is 12.0. The Hall–Kier alpha value is -0.0400. The topological polar surface area (TPSA) is 20.2 Å². The average molecular weight is 240 g/mol. The Morgan fingerprint density at radius 1 is 1.00 bits per heavy atom. The molecule has 2 atom stereocenters.